The summed E-state index contributed by atoms with van der Waals surface area (Å²) in [5.41, 5.74) is 1.50. The molecule has 0 saturated carbocycles. The molecule has 7 heteroatoms. The molecule has 0 spiro atoms. The van der Waals surface area contributed by atoms with Crippen LogP contribution in [0.15, 0.2) is 42.5 Å². The molecule has 28 heavy (non-hydrogen) atoms. The van der Waals surface area contributed by atoms with E-state index in [4.69, 9.17) is 16.3 Å². The normalized spacial score (nSPS) is 15.9. The Bertz CT molecular complexity index is 825. The standard InChI is InChI=1S/C21H25ClFN3O2/c1-3-28-20-7-5-4-6-19(20)26-12-10-25(11-13-26)15(2)21(27)24-18-9-8-16(23)14-17(18)22/h4-9,14-15H,3,10-13H2,1-2H3,(H,24,27)/t15-/m0/s1. The van der Waals surface area contributed by atoms with Crippen molar-refractivity contribution in [3.05, 3.63) is 53.3 Å². The van der Waals surface area contributed by atoms with Gasteiger partial charge in [-0.1, -0.05) is 23.7 Å². The molecule has 0 unspecified atom stereocenters. The molecule has 1 aliphatic heterocycles. The number of nitrogens with one attached hydrogen (secondary N) is 1. The Labute approximate surface area is 170 Å². The number of carbonyl (C=O) groups excluding carboxylic acids is 1. The predicted octanol–water partition coefficient (Wildman–Crippen LogP) is 4.03. The Morgan fingerprint density at radius 1 is 1.21 bits per heavy atom. The van der Waals surface area contributed by atoms with Crippen molar-refractivity contribution in [3.63, 3.8) is 0 Å². The topological polar surface area (TPSA) is 44.8 Å². The van der Waals surface area contributed by atoms with Gasteiger partial charge in [-0.05, 0) is 44.2 Å². The van der Waals surface area contributed by atoms with Crippen LogP contribution in [0.25, 0.3) is 0 Å². The predicted molar refractivity (Wildman–Crippen MR) is 111 cm³/mol. The molecule has 2 aromatic carbocycles. The number of carbonyl (C=O) groups is 1. The van der Waals surface area contributed by atoms with Crippen LogP contribution in [0.3, 0.4) is 0 Å². The first kappa shape index (κ1) is 20.4. The molecular formula is C21H25ClFN3O2. The Hall–Kier alpha value is -2.31. The van der Waals surface area contributed by atoms with Crippen molar-refractivity contribution in [2.45, 2.75) is 19.9 Å². The highest BCUT2D eigenvalue weighted by Crippen LogP contribution is 2.29. The van der Waals surface area contributed by atoms with Gasteiger partial charge in [0.05, 0.1) is 29.0 Å². The van der Waals surface area contributed by atoms with Crippen molar-refractivity contribution in [2.75, 3.05) is 43.0 Å². The summed E-state index contributed by atoms with van der Waals surface area (Å²) in [5.74, 6) is 0.298. The van der Waals surface area contributed by atoms with Crippen LogP contribution in [0.2, 0.25) is 5.02 Å². The number of nitrogens with zero attached hydrogens (tertiary/aromatic N) is 2. The van der Waals surface area contributed by atoms with Gasteiger partial charge in [-0.25, -0.2) is 4.39 Å². The van der Waals surface area contributed by atoms with E-state index in [1.165, 1.54) is 18.2 Å². The zero-order valence-electron chi connectivity index (χ0n) is 16.1. The first-order valence-corrected chi connectivity index (χ1v) is 9.84. The molecule has 1 amide bonds. The number of ether oxygens (including phenoxy) is 1. The van der Waals surface area contributed by atoms with Crippen molar-refractivity contribution >= 4 is 28.9 Å². The second kappa shape index (κ2) is 9.26. The van der Waals surface area contributed by atoms with Gasteiger partial charge in [0.2, 0.25) is 5.91 Å². The van der Waals surface area contributed by atoms with Crippen LogP contribution in [-0.4, -0.2) is 49.6 Å². The van der Waals surface area contributed by atoms with Gasteiger partial charge in [-0.15, -0.1) is 0 Å². The fourth-order valence-electron chi connectivity index (χ4n) is 3.34. The molecule has 0 bridgehead atoms. The van der Waals surface area contributed by atoms with Gasteiger partial charge in [0, 0.05) is 26.2 Å². The van der Waals surface area contributed by atoms with E-state index in [1.807, 2.05) is 32.0 Å². The number of anilines is 2. The number of para-hydroxylation sites is 2. The third kappa shape index (κ3) is 4.75. The Morgan fingerprint density at radius 2 is 1.93 bits per heavy atom. The highest BCUT2D eigenvalue weighted by Gasteiger charge is 2.27. The fourth-order valence-corrected chi connectivity index (χ4v) is 3.55. The van der Waals surface area contributed by atoms with E-state index in [-0.39, 0.29) is 17.0 Å². The van der Waals surface area contributed by atoms with Crippen molar-refractivity contribution in [2.24, 2.45) is 0 Å². The minimum atomic E-state index is -0.431. The third-order valence-corrected chi connectivity index (χ3v) is 5.25. The number of hydrogen-bond acceptors (Lipinski definition) is 4. The Kier molecular flexibility index (Phi) is 6.75. The maximum atomic E-state index is 13.2. The first-order chi connectivity index (χ1) is 13.5. The average molecular weight is 406 g/mol. The lowest BCUT2D eigenvalue weighted by Gasteiger charge is -2.39. The summed E-state index contributed by atoms with van der Waals surface area (Å²) < 4.78 is 18.9. The second-order valence-electron chi connectivity index (χ2n) is 6.71. The van der Waals surface area contributed by atoms with E-state index in [0.717, 1.165) is 37.6 Å². The Morgan fingerprint density at radius 3 is 2.61 bits per heavy atom. The SMILES string of the molecule is CCOc1ccccc1N1CCN([C@@H](C)C(=O)Nc2ccc(F)cc2Cl)CC1. The molecule has 1 N–H and O–H groups in total. The minimum Gasteiger partial charge on any atom is -0.492 e. The average Bonchev–Trinajstić information content (AvgIpc) is 2.70. The third-order valence-electron chi connectivity index (χ3n) is 4.94. The molecular weight excluding hydrogens is 381 g/mol. The molecule has 150 valence electrons. The van der Waals surface area contributed by atoms with Gasteiger partial charge in [-0.3, -0.25) is 9.69 Å². The summed E-state index contributed by atoms with van der Waals surface area (Å²) in [6.45, 7) is 7.59. The summed E-state index contributed by atoms with van der Waals surface area (Å²) in [4.78, 5) is 17.0. The molecule has 5 nitrogen and oxygen atoms in total. The highest BCUT2D eigenvalue weighted by molar-refractivity contribution is 6.33. The molecule has 3 rings (SSSR count). The van der Waals surface area contributed by atoms with Crippen LogP contribution in [0.5, 0.6) is 5.75 Å². The first-order valence-electron chi connectivity index (χ1n) is 9.46. The molecule has 0 aliphatic carbocycles. The van der Waals surface area contributed by atoms with Crippen LogP contribution in [0, 0.1) is 5.82 Å². The van der Waals surface area contributed by atoms with E-state index in [2.05, 4.69) is 21.2 Å². The fraction of sp³-hybridized carbons (Fsp3) is 0.381. The zero-order valence-corrected chi connectivity index (χ0v) is 16.9. The van der Waals surface area contributed by atoms with Crippen molar-refractivity contribution in [1.82, 2.24) is 4.90 Å². The monoisotopic (exact) mass is 405 g/mol. The second-order valence-corrected chi connectivity index (χ2v) is 7.12. The summed E-state index contributed by atoms with van der Waals surface area (Å²) in [5, 5.41) is 2.98. The lowest BCUT2D eigenvalue weighted by atomic mass is 10.2. The van der Waals surface area contributed by atoms with Gasteiger partial charge in [0.25, 0.3) is 0 Å². The van der Waals surface area contributed by atoms with Gasteiger partial charge in [-0.2, -0.15) is 0 Å². The number of amides is 1. The van der Waals surface area contributed by atoms with Crippen LogP contribution in [0.4, 0.5) is 15.8 Å². The Balaban J connectivity index is 1.59. The molecule has 2 aromatic rings. The number of halogens is 2. The maximum Gasteiger partial charge on any atom is 0.241 e. The maximum absolute atomic E-state index is 13.2. The number of rotatable bonds is 6. The highest BCUT2D eigenvalue weighted by atomic mass is 35.5. The van der Waals surface area contributed by atoms with Crippen LogP contribution in [0.1, 0.15) is 13.8 Å². The molecule has 1 aliphatic rings. The molecule has 1 fully saturated rings. The molecule has 1 atom stereocenters. The minimum absolute atomic E-state index is 0.156. The lowest BCUT2D eigenvalue weighted by Crippen LogP contribution is -2.52. The van der Waals surface area contributed by atoms with Crippen molar-refractivity contribution < 1.29 is 13.9 Å². The molecule has 0 radical (unpaired) electrons. The van der Waals surface area contributed by atoms with Gasteiger partial charge < -0.3 is 15.0 Å². The van der Waals surface area contributed by atoms with Gasteiger partial charge in [0.1, 0.15) is 11.6 Å². The smallest absolute Gasteiger partial charge is 0.241 e. The largest absolute Gasteiger partial charge is 0.492 e. The van der Waals surface area contributed by atoms with Crippen molar-refractivity contribution in [3.8, 4) is 5.75 Å². The van der Waals surface area contributed by atoms with Gasteiger partial charge >= 0.3 is 0 Å². The van der Waals surface area contributed by atoms with E-state index >= 15 is 0 Å². The van der Waals surface area contributed by atoms with E-state index in [1.54, 1.807) is 0 Å². The molecule has 1 heterocycles. The van der Waals surface area contributed by atoms with Crippen molar-refractivity contribution in [1.29, 1.82) is 0 Å². The van der Waals surface area contributed by atoms with Gasteiger partial charge in [0.15, 0.2) is 0 Å². The quantitative estimate of drug-likeness (QED) is 0.788. The number of hydrogen-bond donors (Lipinski definition) is 1. The van der Waals surface area contributed by atoms with E-state index < -0.39 is 5.82 Å². The summed E-state index contributed by atoms with van der Waals surface area (Å²) >= 11 is 6.00. The summed E-state index contributed by atoms with van der Waals surface area (Å²) in [6.07, 6.45) is 0. The van der Waals surface area contributed by atoms with E-state index in [9.17, 15) is 9.18 Å². The number of piperazine rings is 1. The summed E-state index contributed by atoms with van der Waals surface area (Å²) in [7, 11) is 0. The summed E-state index contributed by atoms with van der Waals surface area (Å²) in [6, 6.07) is 11.7. The van der Waals surface area contributed by atoms with Crippen LogP contribution >= 0.6 is 11.6 Å². The van der Waals surface area contributed by atoms with E-state index in [0.29, 0.717) is 12.3 Å². The number of benzene rings is 2. The van der Waals surface area contributed by atoms with Crippen LogP contribution in [-0.2, 0) is 4.79 Å². The lowest BCUT2D eigenvalue weighted by molar-refractivity contribution is -0.120. The van der Waals surface area contributed by atoms with Crippen LogP contribution < -0.4 is 15.0 Å². The molecule has 1 saturated heterocycles. The zero-order chi connectivity index (χ0) is 20.1. The molecule has 0 aromatic heterocycles.